The van der Waals surface area contributed by atoms with Crippen molar-refractivity contribution < 1.29 is 0 Å². The summed E-state index contributed by atoms with van der Waals surface area (Å²) in [5.74, 6) is 0. The van der Waals surface area contributed by atoms with E-state index in [1.165, 1.54) is 114 Å². The van der Waals surface area contributed by atoms with E-state index in [4.69, 9.17) is 0 Å². The second-order valence-electron chi connectivity index (χ2n) is 16.3. The Labute approximate surface area is 351 Å². The van der Waals surface area contributed by atoms with Crippen LogP contribution in [-0.4, -0.2) is 4.57 Å². The minimum absolute atomic E-state index is 0.670. The summed E-state index contributed by atoms with van der Waals surface area (Å²) < 4.78 is 2.41. The van der Waals surface area contributed by atoms with Gasteiger partial charge in [0.15, 0.2) is 0 Å². The highest BCUT2D eigenvalue weighted by molar-refractivity contribution is 6.30. The molecule has 0 N–H and O–H groups in total. The minimum Gasteiger partial charge on any atom is -0.309 e. The molecule has 0 bridgehead atoms. The van der Waals surface area contributed by atoms with Gasteiger partial charge in [-0.05, 0) is 153 Å². The van der Waals surface area contributed by atoms with Gasteiger partial charge in [-0.1, -0.05) is 152 Å². The van der Waals surface area contributed by atoms with E-state index < -0.39 is 0 Å². The van der Waals surface area contributed by atoms with Gasteiger partial charge in [-0.2, -0.15) is 5.26 Å². The normalized spacial score (nSPS) is 11.9. The molecule has 0 amide bonds. The molecule has 2 heteroatoms. The zero-order valence-electron chi connectivity index (χ0n) is 33.0. The van der Waals surface area contributed by atoms with E-state index in [2.05, 4.69) is 205 Å². The Bertz CT molecular complexity index is 3980. The molecule has 1 heterocycles. The third-order valence-corrected chi connectivity index (χ3v) is 13.1. The Morgan fingerprint density at radius 3 is 1.57 bits per heavy atom. The maximum atomic E-state index is 9.41. The smallest absolute Gasteiger partial charge is 0.0991 e. The number of nitriles is 1. The molecular formula is C59H34N2. The SMILES string of the molecule is N#Cc1ccc(-c2ccc3ccc4c(-c5cccc(-c6ccc7c(c6)c6ccccc6c6cc8c9ccccc9n(-c9ccccc9)c8cc76)c5)ccc5ccc2c3c54)cc1. The fourth-order valence-corrected chi connectivity index (χ4v) is 10.3. The van der Waals surface area contributed by atoms with Crippen LogP contribution < -0.4 is 0 Å². The summed E-state index contributed by atoms with van der Waals surface area (Å²) >= 11 is 0. The maximum Gasteiger partial charge on any atom is 0.0991 e. The average Bonchev–Trinajstić information content (AvgIpc) is 3.66. The molecule has 0 atom stereocenters. The molecule has 0 fully saturated rings. The predicted octanol–water partition coefficient (Wildman–Crippen LogP) is 16.0. The fraction of sp³-hybridized carbons (Fsp3) is 0. The summed E-state index contributed by atoms with van der Waals surface area (Å²) in [4.78, 5) is 0. The van der Waals surface area contributed by atoms with Crippen LogP contribution in [0.3, 0.4) is 0 Å². The molecular weight excluding hydrogens is 737 g/mol. The Balaban J connectivity index is 0.987. The summed E-state index contributed by atoms with van der Waals surface area (Å²) in [5, 5.41) is 27.0. The van der Waals surface area contributed by atoms with Gasteiger partial charge in [0.25, 0.3) is 0 Å². The summed E-state index contributed by atoms with van der Waals surface area (Å²) in [6.45, 7) is 0. The van der Waals surface area contributed by atoms with Crippen LogP contribution >= 0.6 is 0 Å². The number of rotatable bonds is 4. The standard InChI is InChI=1S/C59H34N2/c60-35-36-17-19-37(20-18-36)44-26-21-38-24-30-51-45(27-22-39-23-29-50(44)58(38)59(39)51)42-10-8-9-40(31-42)41-25-28-48-52(32-41)46-13-4-5-14-47(46)53-33-55-49-15-6-7-16-56(49)61(57(55)34-54(48)53)43-11-2-1-3-12-43/h1-34H. The van der Waals surface area contributed by atoms with E-state index in [1.54, 1.807) is 0 Å². The second-order valence-corrected chi connectivity index (χ2v) is 16.3. The minimum atomic E-state index is 0.670. The van der Waals surface area contributed by atoms with Crippen LogP contribution in [-0.2, 0) is 0 Å². The van der Waals surface area contributed by atoms with Gasteiger partial charge < -0.3 is 4.57 Å². The molecule has 61 heavy (non-hydrogen) atoms. The predicted molar refractivity (Wildman–Crippen MR) is 258 cm³/mol. The van der Waals surface area contributed by atoms with Crippen molar-refractivity contribution in [3.8, 4) is 45.1 Å². The van der Waals surface area contributed by atoms with Crippen molar-refractivity contribution in [1.82, 2.24) is 4.57 Å². The van der Waals surface area contributed by atoms with Crippen molar-refractivity contribution in [2.75, 3.05) is 0 Å². The number of hydrogen-bond acceptors (Lipinski definition) is 1. The molecule has 2 nitrogen and oxygen atoms in total. The zero-order valence-corrected chi connectivity index (χ0v) is 33.0. The molecule has 13 rings (SSSR count). The van der Waals surface area contributed by atoms with E-state index in [-0.39, 0.29) is 0 Å². The number of para-hydroxylation sites is 2. The average molecular weight is 771 g/mol. The van der Waals surface area contributed by atoms with Crippen LogP contribution in [0.5, 0.6) is 0 Å². The quantitative estimate of drug-likeness (QED) is 0.164. The molecule has 12 aromatic carbocycles. The van der Waals surface area contributed by atoms with E-state index >= 15 is 0 Å². The number of hydrogen-bond donors (Lipinski definition) is 0. The van der Waals surface area contributed by atoms with E-state index in [9.17, 15) is 5.26 Å². The Morgan fingerprint density at radius 2 is 0.852 bits per heavy atom. The lowest BCUT2D eigenvalue weighted by Crippen LogP contribution is -1.93. The van der Waals surface area contributed by atoms with Crippen molar-refractivity contribution in [3.63, 3.8) is 0 Å². The first-order valence-electron chi connectivity index (χ1n) is 20.9. The number of aromatic nitrogens is 1. The molecule has 1 aromatic heterocycles. The van der Waals surface area contributed by atoms with E-state index in [1.807, 2.05) is 12.1 Å². The van der Waals surface area contributed by atoms with Crippen molar-refractivity contribution in [1.29, 1.82) is 5.26 Å². The maximum absolute atomic E-state index is 9.41. The highest BCUT2D eigenvalue weighted by Crippen LogP contribution is 2.45. The molecule has 0 unspecified atom stereocenters. The third-order valence-electron chi connectivity index (χ3n) is 13.1. The van der Waals surface area contributed by atoms with Crippen LogP contribution in [0, 0.1) is 11.3 Å². The van der Waals surface area contributed by atoms with Gasteiger partial charge in [-0.25, -0.2) is 0 Å². The lowest BCUT2D eigenvalue weighted by Gasteiger charge is -2.17. The molecule has 0 saturated heterocycles. The van der Waals surface area contributed by atoms with Gasteiger partial charge in [0.05, 0.1) is 22.7 Å². The topological polar surface area (TPSA) is 28.7 Å². The van der Waals surface area contributed by atoms with Gasteiger partial charge in [0, 0.05) is 16.5 Å². The first-order valence-corrected chi connectivity index (χ1v) is 20.9. The van der Waals surface area contributed by atoms with E-state index in [0.717, 1.165) is 11.3 Å². The molecule has 0 spiro atoms. The van der Waals surface area contributed by atoms with Crippen LogP contribution in [0.15, 0.2) is 206 Å². The molecule has 0 aliphatic rings. The highest BCUT2D eigenvalue weighted by atomic mass is 15.0. The van der Waals surface area contributed by atoms with Crippen molar-refractivity contribution in [3.05, 3.63) is 212 Å². The van der Waals surface area contributed by atoms with Crippen LogP contribution in [0.25, 0.3) is 126 Å². The number of nitrogens with zero attached hydrogens (tertiary/aromatic N) is 2. The van der Waals surface area contributed by atoms with Gasteiger partial charge in [-0.3, -0.25) is 0 Å². The fourth-order valence-electron chi connectivity index (χ4n) is 10.3. The van der Waals surface area contributed by atoms with Crippen molar-refractivity contribution >= 4 is 86.4 Å². The number of fused-ring (bicyclic) bond motifs is 9. The molecule has 13 aromatic rings. The van der Waals surface area contributed by atoms with Gasteiger partial charge in [0.1, 0.15) is 0 Å². The van der Waals surface area contributed by atoms with E-state index in [0.29, 0.717) is 5.56 Å². The Hall–Kier alpha value is -8.25. The monoisotopic (exact) mass is 770 g/mol. The van der Waals surface area contributed by atoms with Gasteiger partial charge in [-0.15, -0.1) is 0 Å². The summed E-state index contributed by atoms with van der Waals surface area (Å²) in [7, 11) is 0. The molecule has 0 aliphatic carbocycles. The molecule has 280 valence electrons. The van der Waals surface area contributed by atoms with Crippen molar-refractivity contribution in [2.45, 2.75) is 0 Å². The largest absolute Gasteiger partial charge is 0.309 e. The van der Waals surface area contributed by atoms with Crippen molar-refractivity contribution in [2.24, 2.45) is 0 Å². The lowest BCUT2D eigenvalue weighted by atomic mass is 9.86. The first-order chi connectivity index (χ1) is 30.2. The molecule has 0 saturated carbocycles. The zero-order chi connectivity index (χ0) is 40.2. The van der Waals surface area contributed by atoms with Crippen LogP contribution in [0.1, 0.15) is 5.56 Å². The number of benzene rings is 12. The van der Waals surface area contributed by atoms with Crippen LogP contribution in [0.2, 0.25) is 0 Å². The first kappa shape index (κ1) is 33.7. The Kier molecular flexibility index (Phi) is 7.11. The van der Waals surface area contributed by atoms with Gasteiger partial charge >= 0.3 is 0 Å². The molecule has 0 aliphatic heterocycles. The summed E-state index contributed by atoms with van der Waals surface area (Å²) in [6.07, 6.45) is 0. The third kappa shape index (κ3) is 4.96. The second kappa shape index (κ2) is 12.9. The Morgan fingerprint density at radius 1 is 0.311 bits per heavy atom. The summed E-state index contributed by atoms with van der Waals surface area (Å²) in [6, 6.07) is 77.7. The highest BCUT2D eigenvalue weighted by Gasteiger charge is 2.18. The van der Waals surface area contributed by atoms with Gasteiger partial charge in [0.2, 0.25) is 0 Å². The molecule has 0 radical (unpaired) electrons. The van der Waals surface area contributed by atoms with Crippen LogP contribution in [0.4, 0.5) is 0 Å². The lowest BCUT2D eigenvalue weighted by molar-refractivity contribution is 1.18. The summed E-state index contributed by atoms with van der Waals surface area (Å²) in [5.41, 5.74) is 11.4.